The van der Waals surface area contributed by atoms with Crippen molar-refractivity contribution in [1.82, 2.24) is 5.32 Å². The van der Waals surface area contributed by atoms with Crippen molar-refractivity contribution in [3.63, 3.8) is 0 Å². The van der Waals surface area contributed by atoms with Gasteiger partial charge in [0.1, 0.15) is 0 Å². The van der Waals surface area contributed by atoms with Gasteiger partial charge in [0.15, 0.2) is 0 Å². The number of rotatable bonds is 8. The van der Waals surface area contributed by atoms with Gasteiger partial charge in [-0.1, -0.05) is 47.5 Å². The molecule has 7 nitrogen and oxygen atoms in total. The quantitative estimate of drug-likeness (QED) is 0.432. The number of hydrogen-bond donors (Lipinski definition) is 3. The number of sulfonamides is 1. The molecule has 0 radical (unpaired) electrons. The number of amides is 1. The molecule has 3 aromatic carbocycles. The Hall–Kier alpha value is -3.07. The fourth-order valence-electron chi connectivity index (χ4n) is 2.76. The number of carbonyl (C=O) groups is 2. The molecule has 0 aromatic heterocycles. The maximum Gasteiger partial charge on any atom is 0.335 e. The number of benzene rings is 3. The molecule has 0 atom stereocenters. The summed E-state index contributed by atoms with van der Waals surface area (Å²) in [7, 11) is -3.85. The number of carboxylic acids is 1. The lowest BCUT2D eigenvalue weighted by atomic mass is 10.1. The summed E-state index contributed by atoms with van der Waals surface area (Å²) < 4.78 is 27.4. The first-order valence-corrected chi connectivity index (χ1v) is 11.5. The van der Waals surface area contributed by atoms with Crippen molar-refractivity contribution in [3.8, 4) is 0 Å². The van der Waals surface area contributed by atoms with Gasteiger partial charge < -0.3 is 10.4 Å². The summed E-state index contributed by atoms with van der Waals surface area (Å²) in [4.78, 5) is 23.0. The first-order chi connectivity index (χ1) is 15.1. The minimum Gasteiger partial charge on any atom is -0.478 e. The van der Waals surface area contributed by atoms with E-state index in [2.05, 4.69) is 10.0 Å². The Bertz CT molecular complexity index is 1240. The third-order valence-electron chi connectivity index (χ3n) is 4.46. The monoisotopic (exact) mass is 492 g/mol. The fraction of sp³-hybridized carbons (Fsp3) is 0.0909. The van der Waals surface area contributed by atoms with Crippen molar-refractivity contribution < 1.29 is 23.1 Å². The van der Waals surface area contributed by atoms with E-state index in [9.17, 15) is 18.0 Å². The molecule has 10 heteroatoms. The Morgan fingerprint density at radius 2 is 1.47 bits per heavy atom. The predicted molar refractivity (Wildman–Crippen MR) is 123 cm³/mol. The van der Waals surface area contributed by atoms with Gasteiger partial charge in [0.2, 0.25) is 5.91 Å². The lowest BCUT2D eigenvalue weighted by Gasteiger charge is -2.10. The van der Waals surface area contributed by atoms with Crippen LogP contribution in [0.3, 0.4) is 0 Å². The average Bonchev–Trinajstić information content (AvgIpc) is 2.75. The Kier molecular flexibility index (Phi) is 7.40. The number of hydrogen-bond acceptors (Lipinski definition) is 4. The van der Waals surface area contributed by atoms with Gasteiger partial charge in [-0.05, 0) is 53.6 Å². The molecule has 0 aliphatic rings. The van der Waals surface area contributed by atoms with E-state index in [1.54, 1.807) is 36.4 Å². The minimum atomic E-state index is -3.85. The van der Waals surface area contributed by atoms with E-state index in [0.717, 1.165) is 5.56 Å². The molecule has 0 aliphatic heterocycles. The molecule has 0 saturated carbocycles. The second kappa shape index (κ2) is 10.0. The molecule has 3 rings (SSSR count). The molecule has 0 unspecified atom stereocenters. The van der Waals surface area contributed by atoms with Gasteiger partial charge in [0.25, 0.3) is 10.0 Å². The van der Waals surface area contributed by atoms with Crippen LogP contribution in [-0.2, 0) is 27.8 Å². The summed E-state index contributed by atoms with van der Waals surface area (Å²) in [5.74, 6) is -1.24. The first kappa shape index (κ1) is 23.6. The van der Waals surface area contributed by atoms with Gasteiger partial charge in [-0.25, -0.2) is 13.2 Å². The highest BCUT2D eigenvalue weighted by molar-refractivity contribution is 7.92. The van der Waals surface area contributed by atoms with Crippen molar-refractivity contribution in [2.75, 3.05) is 4.72 Å². The standard InChI is InChI=1S/C22H18Cl2N2O5S/c23-19-10-9-18(12-20(19)24)32(30,31)26-17-7-3-14(4-8-17)11-21(27)25-13-15-1-5-16(6-2-15)22(28)29/h1-10,12,26H,11,13H2,(H,25,27)(H,28,29). The van der Waals surface area contributed by atoms with E-state index in [1.807, 2.05) is 0 Å². The van der Waals surface area contributed by atoms with Crippen molar-refractivity contribution in [1.29, 1.82) is 0 Å². The number of aromatic carboxylic acids is 1. The van der Waals surface area contributed by atoms with E-state index in [1.165, 1.54) is 30.3 Å². The van der Waals surface area contributed by atoms with Crippen LogP contribution in [0, 0.1) is 0 Å². The molecule has 0 spiro atoms. The van der Waals surface area contributed by atoms with Crippen molar-refractivity contribution in [2.24, 2.45) is 0 Å². The maximum atomic E-state index is 12.5. The molecule has 0 saturated heterocycles. The zero-order valence-corrected chi connectivity index (χ0v) is 18.8. The van der Waals surface area contributed by atoms with Crippen LogP contribution in [0.5, 0.6) is 0 Å². The summed E-state index contributed by atoms with van der Waals surface area (Å²) in [6, 6.07) is 16.7. The molecule has 0 heterocycles. The highest BCUT2D eigenvalue weighted by atomic mass is 35.5. The third-order valence-corrected chi connectivity index (χ3v) is 6.58. The van der Waals surface area contributed by atoms with E-state index < -0.39 is 16.0 Å². The van der Waals surface area contributed by atoms with Crippen LogP contribution in [0.2, 0.25) is 10.0 Å². The Morgan fingerprint density at radius 1 is 0.844 bits per heavy atom. The second-order valence-electron chi connectivity index (χ2n) is 6.83. The first-order valence-electron chi connectivity index (χ1n) is 9.30. The van der Waals surface area contributed by atoms with Crippen LogP contribution in [-0.4, -0.2) is 25.4 Å². The number of anilines is 1. The second-order valence-corrected chi connectivity index (χ2v) is 9.33. The molecular weight excluding hydrogens is 475 g/mol. The molecule has 166 valence electrons. The van der Waals surface area contributed by atoms with Crippen molar-refractivity contribution >= 4 is 50.8 Å². The molecule has 0 bridgehead atoms. The molecule has 3 aromatic rings. The van der Waals surface area contributed by atoms with Gasteiger partial charge in [0.05, 0.1) is 26.9 Å². The highest BCUT2D eigenvalue weighted by Gasteiger charge is 2.16. The average molecular weight is 493 g/mol. The van der Waals surface area contributed by atoms with Crippen LogP contribution in [0.15, 0.2) is 71.6 Å². The number of halogens is 2. The topological polar surface area (TPSA) is 113 Å². The summed E-state index contributed by atoms with van der Waals surface area (Å²) in [5, 5.41) is 12.0. The van der Waals surface area contributed by atoms with Gasteiger partial charge >= 0.3 is 5.97 Å². The van der Waals surface area contributed by atoms with E-state index >= 15 is 0 Å². The highest BCUT2D eigenvalue weighted by Crippen LogP contribution is 2.26. The summed E-state index contributed by atoms with van der Waals surface area (Å²) in [5.41, 5.74) is 1.98. The zero-order chi connectivity index (χ0) is 23.3. The lowest BCUT2D eigenvalue weighted by molar-refractivity contribution is -0.120. The molecule has 0 aliphatic carbocycles. The normalized spacial score (nSPS) is 11.1. The minimum absolute atomic E-state index is 0.0215. The van der Waals surface area contributed by atoms with E-state index in [4.69, 9.17) is 28.3 Å². The van der Waals surface area contributed by atoms with Gasteiger partial charge in [-0.2, -0.15) is 0 Å². The smallest absolute Gasteiger partial charge is 0.335 e. The van der Waals surface area contributed by atoms with Crippen molar-refractivity contribution in [2.45, 2.75) is 17.9 Å². The number of carboxylic acid groups (broad SMARTS) is 1. The molecule has 0 fully saturated rings. The van der Waals surface area contributed by atoms with Gasteiger partial charge in [-0.3, -0.25) is 9.52 Å². The van der Waals surface area contributed by atoms with Gasteiger partial charge in [-0.15, -0.1) is 0 Å². The fourth-order valence-corrected chi connectivity index (χ4v) is 4.21. The van der Waals surface area contributed by atoms with Gasteiger partial charge in [0, 0.05) is 12.2 Å². The Labute approximate surface area is 195 Å². The summed E-state index contributed by atoms with van der Waals surface area (Å²) in [6.07, 6.45) is 0.104. The van der Waals surface area contributed by atoms with E-state index in [0.29, 0.717) is 11.3 Å². The number of carbonyl (C=O) groups excluding carboxylic acids is 1. The van der Waals surface area contributed by atoms with Crippen LogP contribution in [0.4, 0.5) is 5.69 Å². The number of nitrogens with one attached hydrogen (secondary N) is 2. The lowest BCUT2D eigenvalue weighted by Crippen LogP contribution is -2.24. The predicted octanol–water partition coefficient (Wildman–Crippen LogP) is 4.35. The molecular formula is C22H18Cl2N2O5S. The molecule has 3 N–H and O–H groups in total. The third kappa shape index (κ3) is 6.23. The summed E-state index contributed by atoms with van der Waals surface area (Å²) in [6.45, 7) is 0.264. The SMILES string of the molecule is O=C(Cc1ccc(NS(=O)(=O)c2ccc(Cl)c(Cl)c2)cc1)NCc1ccc(C(=O)O)cc1. The van der Waals surface area contributed by atoms with Crippen LogP contribution in [0.25, 0.3) is 0 Å². The van der Waals surface area contributed by atoms with Crippen LogP contribution in [0.1, 0.15) is 21.5 Å². The van der Waals surface area contributed by atoms with Crippen LogP contribution >= 0.6 is 23.2 Å². The zero-order valence-electron chi connectivity index (χ0n) is 16.5. The Morgan fingerprint density at radius 3 is 2.06 bits per heavy atom. The summed E-state index contributed by atoms with van der Waals surface area (Å²) >= 11 is 11.7. The molecule has 32 heavy (non-hydrogen) atoms. The largest absolute Gasteiger partial charge is 0.478 e. The maximum absolute atomic E-state index is 12.5. The van der Waals surface area contributed by atoms with Crippen molar-refractivity contribution in [3.05, 3.63) is 93.5 Å². The van der Waals surface area contributed by atoms with Crippen LogP contribution < -0.4 is 10.0 Å². The Balaban J connectivity index is 1.56. The van der Waals surface area contributed by atoms with E-state index in [-0.39, 0.29) is 39.4 Å². The molecule has 1 amide bonds.